The summed E-state index contributed by atoms with van der Waals surface area (Å²) in [5, 5.41) is 6.42. The van der Waals surface area contributed by atoms with E-state index in [0.29, 0.717) is 34.5 Å². The smallest absolute Gasteiger partial charge is 0.263 e. The van der Waals surface area contributed by atoms with Crippen molar-refractivity contribution in [2.45, 2.75) is 37.2 Å². The summed E-state index contributed by atoms with van der Waals surface area (Å²) < 4.78 is 7.17. The van der Waals surface area contributed by atoms with Crippen LogP contribution in [0, 0.1) is 0 Å². The molecular weight excluding hydrogens is 410 g/mol. The summed E-state index contributed by atoms with van der Waals surface area (Å²) in [6.07, 6.45) is 3.33. The lowest BCUT2D eigenvalue weighted by Gasteiger charge is -2.10. The van der Waals surface area contributed by atoms with E-state index in [0.717, 1.165) is 21.1 Å². The third kappa shape index (κ3) is 3.59. The molecule has 0 saturated carbocycles. The van der Waals surface area contributed by atoms with Gasteiger partial charge in [0, 0.05) is 34.5 Å². The molecule has 0 N–H and O–H groups in total. The molecule has 0 unspecified atom stereocenters. The number of aromatic nitrogens is 3. The number of rotatable bonds is 7. The minimum absolute atomic E-state index is 0.0683. The largest absolute Gasteiger partial charge is 0.464 e. The van der Waals surface area contributed by atoms with Crippen molar-refractivity contribution in [2.24, 2.45) is 0 Å². The second kappa shape index (κ2) is 8.06. The van der Waals surface area contributed by atoms with Crippen molar-refractivity contribution in [1.29, 1.82) is 0 Å². The standard InChI is InChI=1S/C20H19N3O2S3/c1-4-7-23-19(24)16-14(15-6-5-8-25-15)11-27-18(16)22-20(23)28-10-13-9-26-17(21-13)12(2)3/h4-6,8-9,11-12H,1,7,10H2,2-3H3. The lowest BCUT2D eigenvalue weighted by atomic mass is 10.2. The topological polar surface area (TPSA) is 60.9 Å². The van der Waals surface area contributed by atoms with Crippen LogP contribution < -0.4 is 5.56 Å². The van der Waals surface area contributed by atoms with Gasteiger partial charge in [0.2, 0.25) is 0 Å². The first-order valence-electron chi connectivity index (χ1n) is 8.82. The second-order valence-corrected chi connectivity index (χ2v) is 9.22. The predicted molar refractivity (Wildman–Crippen MR) is 118 cm³/mol. The molecule has 0 aromatic carbocycles. The summed E-state index contributed by atoms with van der Waals surface area (Å²) in [6, 6.07) is 3.67. The maximum atomic E-state index is 13.2. The number of hydrogen-bond donors (Lipinski definition) is 0. The first-order chi connectivity index (χ1) is 13.6. The molecule has 28 heavy (non-hydrogen) atoms. The molecule has 8 heteroatoms. The highest BCUT2D eigenvalue weighted by atomic mass is 32.2. The molecule has 0 amide bonds. The van der Waals surface area contributed by atoms with Crippen LogP contribution in [0.25, 0.3) is 21.5 Å². The van der Waals surface area contributed by atoms with Crippen LogP contribution in [-0.4, -0.2) is 14.5 Å². The van der Waals surface area contributed by atoms with Crippen LogP contribution in [0.2, 0.25) is 0 Å². The van der Waals surface area contributed by atoms with Crippen LogP contribution in [0.3, 0.4) is 0 Å². The fourth-order valence-electron chi connectivity index (χ4n) is 2.81. The second-order valence-electron chi connectivity index (χ2n) is 6.53. The molecule has 0 saturated heterocycles. The Bertz CT molecular complexity index is 1170. The van der Waals surface area contributed by atoms with Gasteiger partial charge in [-0.15, -0.1) is 29.3 Å². The van der Waals surface area contributed by atoms with E-state index in [1.54, 1.807) is 28.2 Å². The van der Waals surface area contributed by atoms with Crippen molar-refractivity contribution in [3.05, 3.63) is 62.9 Å². The lowest BCUT2D eigenvalue weighted by molar-refractivity contribution is 0.583. The van der Waals surface area contributed by atoms with Gasteiger partial charge in [0.1, 0.15) is 10.6 Å². The first kappa shape index (κ1) is 19.2. The maximum absolute atomic E-state index is 13.2. The molecule has 0 aliphatic rings. The summed E-state index contributed by atoms with van der Waals surface area (Å²) in [5.74, 6) is 1.78. The Hall–Kier alpha value is -2.16. The van der Waals surface area contributed by atoms with Gasteiger partial charge in [0.15, 0.2) is 5.16 Å². The number of nitrogens with zero attached hydrogens (tertiary/aromatic N) is 3. The van der Waals surface area contributed by atoms with Crippen LogP contribution in [-0.2, 0) is 12.3 Å². The zero-order valence-corrected chi connectivity index (χ0v) is 18.0. The van der Waals surface area contributed by atoms with Gasteiger partial charge < -0.3 is 4.42 Å². The van der Waals surface area contributed by atoms with Crippen molar-refractivity contribution in [3.8, 4) is 11.3 Å². The highest BCUT2D eigenvalue weighted by Crippen LogP contribution is 2.33. The molecule has 0 aliphatic carbocycles. The summed E-state index contributed by atoms with van der Waals surface area (Å²) in [6.45, 7) is 8.48. The van der Waals surface area contributed by atoms with Crippen molar-refractivity contribution >= 4 is 44.7 Å². The predicted octanol–water partition coefficient (Wildman–Crippen LogP) is 5.78. The number of hydrogen-bond acceptors (Lipinski definition) is 7. The zero-order valence-electron chi connectivity index (χ0n) is 15.5. The minimum atomic E-state index is -0.0683. The first-order valence-corrected chi connectivity index (χ1v) is 11.6. The van der Waals surface area contributed by atoms with Crippen molar-refractivity contribution in [2.75, 3.05) is 0 Å². The van der Waals surface area contributed by atoms with E-state index in [9.17, 15) is 4.79 Å². The summed E-state index contributed by atoms with van der Waals surface area (Å²) in [7, 11) is 0. The maximum Gasteiger partial charge on any atom is 0.263 e. The van der Waals surface area contributed by atoms with Crippen LogP contribution in [0.1, 0.15) is 30.5 Å². The fourth-order valence-corrected chi connectivity index (χ4v) is 5.62. The Labute approximate surface area is 174 Å². The molecule has 0 radical (unpaired) electrons. The number of allylic oxidation sites excluding steroid dienone is 1. The minimum Gasteiger partial charge on any atom is -0.464 e. The Morgan fingerprint density at radius 3 is 2.86 bits per heavy atom. The van der Waals surface area contributed by atoms with Gasteiger partial charge in [-0.3, -0.25) is 9.36 Å². The van der Waals surface area contributed by atoms with E-state index < -0.39 is 0 Å². The van der Waals surface area contributed by atoms with E-state index in [1.807, 2.05) is 17.5 Å². The molecule has 4 rings (SSSR count). The SMILES string of the molecule is C=CCn1c(SCc2csc(C(C)C)n2)nc2scc(-c3ccco3)c2c1=O. The number of thiazole rings is 1. The van der Waals surface area contributed by atoms with Crippen LogP contribution in [0.4, 0.5) is 0 Å². The van der Waals surface area contributed by atoms with Gasteiger partial charge in [-0.1, -0.05) is 31.7 Å². The van der Waals surface area contributed by atoms with Gasteiger partial charge >= 0.3 is 0 Å². The summed E-state index contributed by atoms with van der Waals surface area (Å²) in [4.78, 5) is 23.4. The van der Waals surface area contributed by atoms with E-state index in [4.69, 9.17) is 9.40 Å². The zero-order chi connectivity index (χ0) is 19.7. The highest BCUT2D eigenvalue weighted by molar-refractivity contribution is 7.98. The number of thiophene rings is 1. The fraction of sp³-hybridized carbons (Fsp3) is 0.250. The van der Waals surface area contributed by atoms with Gasteiger partial charge in [-0.25, -0.2) is 9.97 Å². The molecule has 5 nitrogen and oxygen atoms in total. The number of fused-ring (bicyclic) bond motifs is 1. The quantitative estimate of drug-likeness (QED) is 0.212. The molecule has 0 aliphatic heterocycles. The van der Waals surface area contributed by atoms with Crippen molar-refractivity contribution in [3.63, 3.8) is 0 Å². The monoisotopic (exact) mass is 429 g/mol. The van der Waals surface area contributed by atoms with E-state index in [1.165, 1.54) is 23.1 Å². The van der Waals surface area contributed by atoms with Gasteiger partial charge in [0.05, 0.1) is 22.4 Å². The molecule has 4 aromatic heterocycles. The molecule has 0 fully saturated rings. The molecule has 0 spiro atoms. The van der Waals surface area contributed by atoms with Gasteiger partial charge in [0.25, 0.3) is 5.56 Å². The Kier molecular flexibility index (Phi) is 5.52. The molecule has 144 valence electrons. The Balaban J connectivity index is 1.72. The average Bonchev–Trinajstić information content (AvgIpc) is 3.42. The summed E-state index contributed by atoms with van der Waals surface area (Å²) in [5.41, 5.74) is 1.74. The third-order valence-corrected chi connectivity index (χ3v) is 7.25. The third-order valence-electron chi connectivity index (χ3n) is 4.17. The molecule has 4 heterocycles. The number of furan rings is 1. The van der Waals surface area contributed by atoms with E-state index >= 15 is 0 Å². The van der Waals surface area contributed by atoms with E-state index in [2.05, 4.69) is 30.8 Å². The number of thioether (sulfide) groups is 1. The molecule has 0 atom stereocenters. The Morgan fingerprint density at radius 2 is 2.18 bits per heavy atom. The van der Waals surface area contributed by atoms with Crippen molar-refractivity contribution in [1.82, 2.24) is 14.5 Å². The van der Waals surface area contributed by atoms with Crippen LogP contribution >= 0.6 is 34.4 Å². The molecule has 0 bridgehead atoms. The molecular formula is C20H19N3O2S3. The van der Waals surface area contributed by atoms with Crippen molar-refractivity contribution < 1.29 is 4.42 Å². The van der Waals surface area contributed by atoms with E-state index in [-0.39, 0.29) is 5.56 Å². The van der Waals surface area contributed by atoms with Gasteiger partial charge in [-0.05, 0) is 12.1 Å². The average molecular weight is 430 g/mol. The molecule has 4 aromatic rings. The van der Waals surface area contributed by atoms with Gasteiger partial charge in [-0.2, -0.15) is 0 Å². The van der Waals surface area contributed by atoms with Crippen LogP contribution in [0.15, 0.2) is 56.2 Å². The Morgan fingerprint density at radius 1 is 1.32 bits per heavy atom. The summed E-state index contributed by atoms with van der Waals surface area (Å²) >= 11 is 4.67. The normalized spacial score (nSPS) is 11.5. The highest BCUT2D eigenvalue weighted by Gasteiger charge is 2.18. The lowest BCUT2D eigenvalue weighted by Crippen LogP contribution is -2.22. The van der Waals surface area contributed by atoms with Crippen LogP contribution in [0.5, 0.6) is 0 Å².